The van der Waals surface area contributed by atoms with Gasteiger partial charge in [0.05, 0.1) is 19.8 Å². The number of alkyl halides is 2. The van der Waals surface area contributed by atoms with Crippen LogP contribution < -0.4 is 14.2 Å². The number of hydrogen-bond acceptors (Lipinski definition) is 5. The van der Waals surface area contributed by atoms with Gasteiger partial charge in [0.2, 0.25) is 5.91 Å². The molecule has 0 N–H and O–H groups in total. The Morgan fingerprint density at radius 1 is 1.21 bits per heavy atom. The number of benzene rings is 2. The number of methoxy groups -OCH3 is 1. The molecule has 2 aromatic carbocycles. The molecule has 0 saturated carbocycles. The van der Waals surface area contributed by atoms with Crippen LogP contribution in [0.2, 0.25) is 0 Å². The van der Waals surface area contributed by atoms with Crippen LogP contribution in [0.4, 0.5) is 8.78 Å². The van der Waals surface area contributed by atoms with Crippen molar-refractivity contribution in [1.82, 2.24) is 4.90 Å². The number of para-hydroxylation sites is 1. The number of carbonyl (C=O) groups is 1. The Labute approximate surface area is 192 Å². The zero-order valence-corrected chi connectivity index (χ0v) is 18.8. The van der Waals surface area contributed by atoms with E-state index in [2.05, 4.69) is 4.74 Å². The minimum absolute atomic E-state index is 0.00704. The van der Waals surface area contributed by atoms with Crippen LogP contribution in [0.15, 0.2) is 48.5 Å². The summed E-state index contributed by atoms with van der Waals surface area (Å²) in [7, 11) is 1.60. The van der Waals surface area contributed by atoms with Crippen molar-refractivity contribution in [1.29, 1.82) is 0 Å². The van der Waals surface area contributed by atoms with E-state index in [0.717, 1.165) is 18.4 Å². The number of ether oxygens (including phenoxy) is 4. The minimum Gasteiger partial charge on any atom is -0.496 e. The number of carbonyl (C=O) groups excluding carboxylic acids is 1. The topological polar surface area (TPSA) is 57.2 Å². The molecule has 0 spiro atoms. The first-order valence-corrected chi connectivity index (χ1v) is 10.9. The molecule has 1 fully saturated rings. The highest BCUT2D eigenvalue weighted by Crippen LogP contribution is 2.30. The van der Waals surface area contributed by atoms with E-state index >= 15 is 0 Å². The van der Waals surface area contributed by atoms with E-state index in [4.69, 9.17) is 14.2 Å². The Hall–Kier alpha value is -3.13. The molecule has 2 aromatic rings. The van der Waals surface area contributed by atoms with Gasteiger partial charge in [-0.1, -0.05) is 24.3 Å². The lowest BCUT2D eigenvalue weighted by Crippen LogP contribution is -2.36. The molecule has 33 heavy (non-hydrogen) atoms. The quantitative estimate of drug-likeness (QED) is 0.445. The van der Waals surface area contributed by atoms with Gasteiger partial charge < -0.3 is 23.8 Å². The third-order valence-corrected chi connectivity index (χ3v) is 5.22. The van der Waals surface area contributed by atoms with Crippen LogP contribution in [0.5, 0.6) is 17.2 Å². The normalized spacial score (nSPS) is 15.7. The average molecular weight is 462 g/mol. The smallest absolute Gasteiger partial charge is 0.387 e. The van der Waals surface area contributed by atoms with Crippen molar-refractivity contribution < 1.29 is 32.5 Å². The summed E-state index contributed by atoms with van der Waals surface area (Å²) in [5, 5.41) is 0. The van der Waals surface area contributed by atoms with Crippen molar-refractivity contribution in [2.75, 3.05) is 26.9 Å². The third-order valence-electron chi connectivity index (χ3n) is 5.22. The van der Waals surface area contributed by atoms with Crippen molar-refractivity contribution >= 4 is 12.0 Å². The van der Waals surface area contributed by atoms with Crippen LogP contribution in [0, 0.1) is 0 Å². The minimum atomic E-state index is -2.95. The van der Waals surface area contributed by atoms with Crippen molar-refractivity contribution in [3.8, 4) is 17.2 Å². The summed E-state index contributed by atoms with van der Waals surface area (Å²) in [6.45, 7) is 0.627. The SMILES string of the molecule is CCOc1cc(/C=C/C(=O)N(Cc2ccccc2OC)CC2CCCO2)ccc1OC(F)F. The summed E-state index contributed by atoms with van der Waals surface area (Å²) >= 11 is 0. The van der Waals surface area contributed by atoms with Gasteiger partial charge in [0.25, 0.3) is 0 Å². The maximum absolute atomic E-state index is 13.1. The summed E-state index contributed by atoms with van der Waals surface area (Å²) in [6.07, 6.45) is 4.96. The lowest BCUT2D eigenvalue weighted by molar-refractivity contribution is -0.128. The fourth-order valence-corrected chi connectivity index (χ4v) is 3.67. The number of hydrogen-bond donors (Lipinski definition) is 0. The highest BCUT2D eigenvalue weighted by atomic mass is 19.3. The van der Waals surface area contributed by atoms with Crippen molar-refractivity contribution in [2.45, 2.75) is 39.0 Å². The molecule has 178 valence electrons. The molecule has 0 bridgehead atoms. The molecule has 1 aliphatic rings. The second-order valence-corrected chi connectivity index (χ2v) is 7.52. The summed E-state index contributed by atoms with van der Waals surface area (Å²) in [5.41, 5.74) is 1.52. The first kappa shape index (κ1) is 24.5. The zero-order valence-electron chi connectivity index (χ0n) is 18.8. The molecule has 1 aliphatic heterocycles. The summed E-state index contributed by atoms with van der Waals surface area (Å²) in [4.78, 5) is 14.8. The highest BCUT2D eigenvalue weighted by Gasteiger charge is 2.22. The van der Waals surface area contributed by atoms with Crippen LogP contribution in [0.1, 0.15) is 30.9 Å². The van der Waals surface area contributed by atoms with Gasteiger partial charge in [0.15, 0.2) is 11.5 Å². The predicted molar refractivity (Wildman–Crippen MR) is 121 cm³/mol. The van der Waals surface area contributed by atoms with E-state index in [0.29, 0.717) is 37.6 Å². The molecule has 1 unspecified atom stereocenters. The molecular weight excluding hydrogens is 432 g/mol. The fraction of sp³-hybridized carbons (Fsp3) is 0.400. The average Bonchev–Trinajstić information content (AvgIpc) is 3.32. The van der Waals surface area contributed by atoms with Crippen LogP contribution in [0.3, 0.4) is 0 Å². The molecule has 1 heterocycles. The van der Waals surface area contributed by atoms with Crippen molar-refractivity contribution in [3.63, 3.8) is 0 Å². The molecule has 1 amide bonds. The van der Waals surface area contributed by atoms with Gasteiger partial charge in [0.1, 0.15) is 5.75 Å². The highest BCUT2D eigenvalue weighted by molar-refractivity contribution is 5.92. The second kappa shape index (κ2) is 12.2. The number of nitrogens with zero attached hydrogens (tertiary/aromatic N) is 1. The predicted octanol–water partition coefficient (Wildman–Crippen LogP) is 4.92. The van der Waals surface area contributed by atoms with Crippen LogP contribution >= 0.6 is 0 Å². The molecular formula is C25H29F2NO5. The molecule has 1 saturated heterocycles. The Balaban J connectivity index is 1.78. The number of amides is 1. The lowest BCUT2D eigenvalue weighted by Gasteiger charge is -2.25. The molecule has 0 radical (unpaired) electrons. The van der Waals surface area contributed by atoms with Crippen LogP contribution in [0.25, 0.3) is 6.08 Å². The van der Waals surface area contributed by atoms with Gasteiger partial charge in [-0.25, -0.2) is 0 Å². The van der Waals surface area contributed by atoms with Gasteiger partial charge in [-0.05, 0) is 49.6 Å². The van der Waals surface area contributed by atoms with Gasteiger partial charge in [-0.3, -0.25) is 4.79 Å². The van der Waals surface area contributed by atoms with Crippen LogP contribution in [-0.4, -0.2) is 50.4 Å². The van der Waals surface area contributed by atoms with E-state index < -0.39 is 6.61 Å². The van der Waals surface area contributed by atoms with Gasteiger partial charge in [-0.2, -0.15) is 8.78 Å². The molecule has 6 nitrogen and oxygen atoms in total. The van der Waals surface area contributed by atoms with E-state index in [1.165, 1.54) is 12.1 Å². The van der Waals surface area contributed by atoms with Gasteiger partial charge >= 0.3 is 6.61 Å². The molecule has 8 heteroatoms. The van der Waals surface area contributed by atoms with E-state index in [1.807, 2.05) is 24.3 Å². The zero-order chi connectivity index (χ0) is 23.6. The van der Waals surface area contributed by atoms with Crippen molar-refractivity contribution in [3.05, 3.63) is 59.7 Å². The Kier molecular flexibility index (Phi) is 9.06. The third kappa shape index (κ3) is 7.18. The summed E-state index contributed by atoms with van der Waals surface area (Å²) in [6, 6.07) is 12.1. The maximum Gasteiger partial charge on any atom is 0.387 e. The molecule has 0 aliphatic carbocycles. The first-order chi connectivity index (χ1) is 16.0. The van der Waals surface area contributed by atoms with Gasteiger partial charge in [0, 0.05) is 31.3 Å². The monoisotopic (exact) mass is 461 g/mol. The Morgan fingerprint density at radius 3 is 2.73 bits per heavy atom. The summed E-state index contributed by atoms with van der Waals surface area (Å²) in [5.74, 6) is 0.661. The molecule has 3 rings (SSSR count). The second-order valence-electron chi connectivity index (χ2n) is 7.52. The van der Waals surface area contributed by atoms with Crippen LogP contribution in [-0.2, 0) is 16.1 Å². The number of rotatable bonds is 11. The number of halogens is 2. The largest absolute Gasteiger partial charge is 0.496 e. The fourth-order valence-electron chi connectivity index (χ4n) is 3.67. The Bertz CT molecular complexity index is 944. The standard InChI is InChI=1S/C25H29F2NO5/c1-3-31-23-15-18(10-12-22(23)33-25(26)27)11-13-24(29)28(17-20-8-6-14-32-20)16-19-7-4-5-9-21(19)30-2/h4-5,7,9-13,15,20,25H,3,6,8,14,16-17H2,1-2H3/b13-11+. The summed E-state index contributed by atoms with van der Waals surface area (Å²) < 4.78 is 46.3. The van der Waals surface area contributed by atoms with E-state index in [-0.39, 0.29) is 23.5 Å². The maximum atomic E-state index is 13.1. The Morgan fingerprint density at radius 2 is 2.03 bits per heavy atom. The van der Waals surface area contributed by atoms with E-state index in [1.54, 1.807) is 37.1 Å². The lowest BCUT2D eigenvalue weighted by atomic mass is 10.1. The van der Waals surface area contributed by atoms with Crippen molar-refractivity contribution in [2.24, 2.45) is 0 Å². The van der Waals surface area contributed by atoms with Gasteiger partial charge in [-0.15, -0.1) is 0 Å². The molecule has 0 aromatic heterocycles. The molecule has 1 atom stereocenters. The van der Waals surface area contributed by atoms with E-state index in [9.17, 15) is 13.6 Å². The first-order valence-electron chi connectivity index (χ1n) is 10.9.